The van der Waals surface area contributed by atoms with Crippen LogP contribution < -0.4 is 0 Å². The molecule has 0 amide bonds. The number of rotatable bonds is 6. The van der Waals surface area contributed by atoms with Crippen molar-refractivity contribution in [2.75, 3.05) is 13.2 Å². The van der Waals surface area contributed by atoms with Gasteiger partial charge in [-0.3, -0.25) is 0 Å². The first kappa shape index (κ1) is 23.5. The predicted molar refractivity (Wildman–Crippen MR) is 114 cm³/mol. The van der Waals surface area contributed by atoms with Crippen molar-refractivity contribution in [1.29, 1.82) is 0 Å². The first-order valence-electron chi connectivity index (χ1n) is 9.58. The number of hydrogen-bond donors (Lipinski definition) is 0. The van der Waals surface area contributed by atoms with Gasteiger partial charge in [0.15, 0.2) is 5.69 Å². The molecule has 0 N–H and O–H groups in total. The van der Waals surface area contributed by atoms with E-state index >= 15 is 0 Å². The highest BCUT2D eigenvalue weighted by molar-refractivity contribution is 9.10. The Morgan fingerprint density at radius 3 is 2.28 bits per heavy atom. The summed E-state index contributed by atoms with van der Waals surface area (Å²) in [5.74, 6) is -1.73. The molecule has 0 radical (unpaired) electrons. The fraction of sp³-hybridized carbons (Fsp3) is 0.227. The second kappa shape index (κ2) is 9.56. The van der Waals surface area contributed by atoms with Gasteiger partial charge in [-0.25, -0.2) is 14.3 Å². The van der Waals surface area contributed by atoms with Crippen molar-refractivity contribution in [3.8, 4) is 16.9 Å². The molecule has 0 aliphatic rings. The number of alkyl halides is 3. The molecule has 3 aromatic rings. The highest BCUT2D eigenvalue weighted by atomic mass is 79.9. The Hall–Kier alpha value is -3.14. The van der Waals surface area contributed by atoms with Crippen LogP contribution in [0.3, 0.4) is 0 Å². The fourth-order valence-electron chi connectivity index (χ4n) is 3.06. The largest absolute Gasteiger partial charge is 0.462 e. The number of carbonyl (C=O) groups excluding carboxylic acids is 2. The van der Waals surface area contributed by atoms with Gasteiger partial charge in [-0.05, 0) is 44.2 Å². The second-order valence-corrected chi connectivity index (χ2v) is 7.40. The third-order valence-corrected chi connectivity index (χ3v) is 4.84. The molecule has 1 heterocycles. The van der Waals surface area contributed by atoms with Gasteiger partial charge < -0.3 is 9.47 Å². The van der Waals surface area contributed by atoms with Crippen molar-refractivity contribution in [2.24, 2.45) is 0 Å². The van der Waals surface area contributed by atoms with Crippen molar-refractivity contribution in [3.05, 3.63) is 69.8 Å². The molecule has 0 aliphatic heterocycles. The molecule has 2 aromatic carbocycles. The van der Waals surface area contributed by atoms with Crippen LogP contribution in [0, 0.1) is 0 Å². The summed E-state index contributed by atoms with van der Waals surface area (Å²) in [5, 5.41) is 4.19. The normalized spacial score (nSPS) is 11.3. The SMILES string of the molecule is CCOC(=O)c1nn(-c2cccc(C(F)(F)F)c2)c(-c2cccc(Br)c2)c1C(=O)OCC. The van der Waals surface area contributed by atoms with E-state index in [-0.39, 0.29) is 35.9 Å². The molecule has 0 atom stereocenters. The van der Waals surface area contributed by atoms with Gasteiger partial charge in [-0.1, -0.05) is 34.1 Å². The van der Waals surface area contributed by atoms with Crippen molar-refractivity contribution in [2.45, 2.75) is 20.0 Å². The van der Waals surface area contributed by atoms with Gasteiger partial charge in [0.1, 0.15) is 5.56 Å². The van der Waals surface area contributed by atoms with Crippen molar-refractivity contribution < 1.29 is 32.2 Å². The molecular formula is C22H18BrF3N2O4. The van der Waals surface area contributed by atoms with Crippen LogP contribution in [0.25, 0.3) is 16.9 Å². The minimum absolute atomic E-state index is 0.0101. The Balaban J connectivity index is 2.37. The zero-order valence-electron chi connectivity index (χ0n) is 17.1. The Morgan fingerprint density at radius 1 is 1.00 bits per heavy atom. The summed E-state index contributed by atoms with van der Waals surface area (Å²) in [7, 11) is 0. The number of aromatic nitrogens is 2. The molecular weight excluding hydrogens is 493 g/mol. The summed E-state index contributed by atoms with van der Waals surface area (Å²) in [5.41, 5.74) is -0.898. The molecule has 0 spiro atoms. The van der Waals surface area contributed by atoms with Gasteiger partial charge in [0.05, 0.1) is 30.2 Å². The van der Waals surface area contributed by atoms with Gasteiger partial charge in [0.2, 0.25) is 0 Å². The highest BCUT2D eigenvalue weighted by Crippen LogP contribution is 2.34. The van der Waals surface area contributed by atoms with E-state index in [0.717, 1.165) is 16.8 Å². The van der Waals surface area contributed by atoms with E-state index in [1.54, 1.807) is 38.1 Å². The number of hydrogen-bond acceptors (Lipinski definition) is 5. The predicted octanol–water partition coefficient (Wildman–Crippen LogP) is 5.67. The van der Waals surface area contributed by atoms with E-state index in [1.165, 1.54) is 12.1 Å². The number of carbonyl (C=O) groups is 2. The molecule has 1 aromatic heterocycles. The van der Waals surface area contributed by atoms with Crippen LogP contribution >= 0.6 is 15.9 Å². The van der Waals surface area contributed by atoms with Crippen LogP contribution in [0.1, 0.15) is 40.3 Å². The fourth-order valence-corrected chi connectivity index (χ4v) is 3.46. The van der Waals surface area contributed by atoms with Gasteiger partial charge in [-0.2, -0.15) is 18.3 Å². The molecule has 0 unspecified atom stereocenters. The van der Waals surface area contributed by atoms with E-state index in [9.17, 15) is 22.8 Å². The van der Waals surface area contributed by atoms with Crippen molar-refractivity contribution in [3.63, 3.8) is 0 Å². The van der Waals surface area contributed by atoms with E-state index in [2.05, 4.69) is 21.0 Å². The molecule has 0 saturated carbocycles. The molecule has 10 heteroatoms. The van der Waals surface area contributed by atoms with Crippen LogP contribution in [0.4, 0.5) is 13.2 Å². The quantitative estimate of drug-likeness (QED) is 0.399. The number of benzene rings is 2. The van der Waals surface area contributed by atoms with Gasteiger partial charge >= 0.3 is 18.1 Å². The van der Waals surface area contributed by atoms with Crippen molar-refractivity contribution >= 4 is 27.9 Å². The van der Waals surface area contributed by atoms with Gasteiger partial charge in [-0.15, -0.1) is 0 Å². The van der Waals surface area contributed by atoms with Crippen LogP contribution in [0.2, 0.25) is 0 Å². The molecule has 0 aliphatic carbocycles. The summed E-state index contributed by atoms with van der Waals surface area (Å²) < 4.78 is 51.9. The third-order valence-electron chi connectivity index (χ3n) is 4.35. The lowest BCUT2D eigenvalue weighted by Gasteiger charge is -2.12. The summed E-state index contributed by atoms with van der Waals surface area (Å²) >= 11 is 3.34. The maximum absolute atomic E-state index is 13.3. The van der Waals surface area contributed by atoms with Gasteiger partial charge in [0.25, 0.3) is 0 Å². The van der Waals surface area contributed by atoms with Crippen LogP contribution in [0.5, 0.6) is 0 Å². The van der Waals surface area contributed by atoms with Crippen LogP contribution in [0.15, 0.2) is 53.0 Å². The lowest BCUT2D eigenvalue weighted by Crippen LogP contribution is -2.13. The minimum atomic E-state index is -4.59. The Bertz CT molecular complexity index is 1160. The summed E-state index contributed by atoms with van der Waals surface area (Å²) in [6.45, 7) is 3.22. The molecule has 168 valence electrons. The van der Waals surface area contributed by atoms with Gasteiger partial charge in [0, 0.05) is 10.0 Å². The molecule has 0 fully saturated rings. The van der Waals surface area contributed by atoms with E-state index in [4.69, 9.17) is 9.47 Å². The minimum Gasteiger partial charge on any atom is -0.462 e. The zero-order chi connectivity index (χ0) is 23.5. The number of esters is 2. The average Bonchev–Trinajstić information content (AvgIpc) is 3.14. The number of ether oxygens (including phenoxy) is 2. The first-order chi connectivity index (χ1) is 15.2. The van der Waals surface area contributed by atoms with E-state index < -0.39 is 23.7 Å². The lowest BCUT2D eigenvalue weighted by atomic mass is 10.0. The Kier molecular flexibility index (Phi) is 7.02. The van der Waals surface area contributed by atoms with E-state index in [0.29, 0.717) is 10.0 Å². The molecule has 32 heavy (non-hydrogen) atoms. The molecule has 0 bridgehead atoms. The third kappa shape index (κ3) is 4.85. The topological polar surface area (TPSA) is 70.4 Å². The summed E-state index contributed by atoms with van der Waals surface area (Å²) in [6.07, 6.45) is -4.59. The Morgan fingerprint density at radius 2 is 1.66 bits per heavy atom. The lowest BCUT2D eigenvalue weighted by molar-refractivity contribution is -0.137. The molecule has 0 saturated heterocycles. The zero-order valence-corrected chi connectivity index (χ0v) is 18.7. The summed E-state index contributed by atoms with van der Waals surface area (Å²) in [6, 6.07) is 11.1. The van der Waals surface area contributed by atoms with Crippen LogP contribution in [-0.2, 0) is 15.7 Å². The van der Waals surface area contributed by atoms with Crippen LogP contribution in [-0.4, -0.2) is 34.9 Å². The maximum atomic E-state index is 13.3. The monoisotopic (exact) mass is 510 g/mol. The number of halogens is 4. The first-order valence-corrected chi connectivity index (χ1v) is 10.4. The summed E-state index contributed by atoms with van der Waals surface area (Å²) in [4.78, 5) is 25.4. The van der Waals surface area contributed by atoms with Crippen molar-refractivity contribution in [1.82, 2.24) is 9.78 Å². The average molecular weight is 511 g/mol. The Labute approximate surface area is 190 Å². The second-order valence-electron chi connectivity index (χ2n) is 6.48. The number of nitrogens with zero attached hydrogens (tertiary/aromatic N) is 2. The maximum Gasteiger partial charge on any atom is 0.416 e. The smallest absolute Gasteiger partial charge is 0.416 e. The highest BCUT2D eigenvalue weighted by Gasteiger charge is 2.33. The standard InChI is InChI=1S/C22H18BrF3N2O4/c1-3-31-20(29)17-18(21(30)32-4-2)27-28(19(17)13-7-5-9-15(23)11-13)16-10-6-8-14(12-16)22(24,25)26/h5-12H,3-4H2,1-2H3. The molecule has 3 rings (SSSR count). The molecule has 6 nitrogen and oxygen atoms in total. The van der Waals surface area contributed by atoms with E-state index in [1.807, 2.05) is 0 Å².